The molecular formula is C17H29N5O5. The molecule has 10 heteroatoms. The largest absolute Gasteiger partial charge is 0.458 e. The van der Waals surface area contributed by atoms with Crippen molar-refractivity contribution >= 4 is 29.8 Å². The summed E-state index contributed by atoms with van der Waals surface area (Å²) in [6.07, 6.45) is 0.602. The molecule has 10 nitrogen and oxygen atoms in total. The first-order valence-corrected chi connectivity index (χ1v) is 8.58. The molecule has 0 rings (SSSR count). The number of hydrogen-bond donors (Lipinski definition) is 2. The number of ketones is 1. The van der Waals surface area contributed by atoms with Crippen molar-refractivity contribution in [1.82, 2.24) is 15.5 Å². The zero-order chi connectivity index (χ0) is 21.0. The number of carbonyl (C=O) groups is 4. The Bertz CT molecular complexity index is 591. The van der Waals surface area contributed by atoms with Crippen molar-refractivity contribution in [3.63, 3.8) is 0 Å². The van der Waals surface area contributed by atoms with E-state index in [0.29, 0.717) is 0 Å². The van der Waals surface area contributed by atoms with Gasteiger partial charge in [-0.3, -0.25) is 14.4 Å². The molecule has 27 heavy (non-hydrogen) atoms. The van der Waals surface area contributed by atoms with Gasteiger partial charge in [-0.15, -0.1) is 0 Å². The van der Waals surface area contributed by atoms with E-state index in [2.05, 4.69) is 15.4 Å². The minimum atomic E-state index is -1.02. The highest BCUT2D eigenvalue weighted by atomic mass is 16.6. The zero-order valence-corrected chi connectivity index (χ0v) is 16.6. The van der Waals surface area contributed by atoms with Gasteiger partial charge in [-0.1, -0.05) is 0 Å². The molecule has 0 aliphatic heterocycles. The number of likely N-dealkylation sites (N-methyl/N-ethyl adjacent to an activating group) is 1. The Morgan fingerprint density at radius 3 is 2.30 bits per heavy atom. The summed E-state index contributed by atoms with van der Waals surface area (Å²) in [5, 5.41) is 5.11. The molecule has 1 atom stereocenters. The zero-order valence-electron chi connectivity index (χ0n) is 16.6. The first-order chi connectivity index (χ1) is 12.4. The van der Waals surface area contributed by atoms with Gasteiger partial charge in [-0.2, -0.15) is 4.79 Å². The van der Waals surface area contributed by atoms with Gasteiger partial charge in [0.15, 0.2) is 0 Å². The van der Waals surface area contributed by atoms with Crippen molar-refractivity contribution in [3.05, 3.63) is 5.53 Å². The van der Waals surface area contributed by atoms with Crippen LogP contribution in [0, 0.1) is 0 Å². The minimum absolute atomic E-state index is 0.00149. The van der Waals surface area contributed by atoms with Gasteiger partial charge in [-0.05, 0) is 41.3 Å². The van der Waals surface area contributed by atoms with Gasteiger partial charge in [0.05, 0.1) is 6.54 Å². The summed E-state index contributed by atoms with van der Waals surface area (Å²) in [4.78, 5) is 51.6. The van der Waals surface area contributed by atoms with Gasteiger partial charge in [0.1, 0.15) is 11.6 Å². The number of hydrogen-bond acceptors (Lipinski definition) is 6. The van der Waals surface area contributed by atoms with Gasteiger partial charge in [0.25, 0.3) is 0 Å². The third-order valence-corrected chi connectivity index (χ3v) is 3.04. The summed E-state index contributed by atoms with van der Waals surface area (Å²) in [5.41, 5.74) is 7.60. The summed E-state index contributed by atoms with van der Waals surface area (Å²) >= 11 is 0. The van der Waals surface area contributed by atoms with Crippen LogP contribution in [-0.4, -0.2) is 78.3 Å². The van der Waals surface area contributed by atoms with Gasteiger partial charge in [0.2, 0.25) is 17.6 Å². The van der Waals surface area contributed by atoms with Crippen molar-refractivity contribution in [2.24, 2.45) is 0 Å². The summed E-state index contributed by atoms with van der Waals surface area (Å²) in [5.74, 6) is -1.83. The first kappa shape index (κ1) is 24.4. The van der Waals surface area contributed by atoms with Crippen LogP contribution in [0.15, 0.2) is 0 Å². The van der Waals surface area contributed by atoms with E-state index in [1.165, 1.54) is 0 Å². The average Bonchev–Trinajstić information content (AvgIpc) is 2.49. The quantitative estimate of drug-likeness (QED) is 0.214. The lowest BCUT2D eigenvalue weighted by Crippen LogP contribution is -2.45. The van der Waals surface area contributed by atoms with E-state index in [0.717, 1.165) is 6.21 Å². The van der Waals surface area contributed by atoms with Crippen LogP contribution in [0.3, 0.4) is 0 Å². The first-order valence-electron chi connectivity index (χ1n) is 8.58. The number of esters is 1. The third kappa shape index (κ3) is 13.3. The molecule has 0 aromatic carbocycles. The SMILES string of the molecule is CN(C)CC(=O)NCCC(=O)N[C@@H](CCC(=O)C=[N+]=[N-])C(=O)OC(C)(C)C. The lowest BCUT2D eigenvalue weighted by atomic mass is 10.1. The Hall–Kier alpha value is -2.58. The van der Waals surface area contributed by atoms with Crippen LogP contribution < -0.4 is 10.6 Å². The van der Waals surface area contributed by atoms with Crippen molar-refractivity contribution in [2.45, 2.75) is 51.7 Å². The van der Waals surface area contributed by atoms with E-state index in [9.17, 15) is 19.2 Å². The highest BCUT2D eigenvalue weighted by Crippen LogP contribution is 2.11. The second kappa shape index (κ2) is 11.9. The summed E-state index contributed by atoms with van der Waals surface area (Å²) < 4.78 is 5.26. The fraction of sp³-hybridized carbons (Fsp3) is 0.706. The van der Waals surface area contributed by atoms with E-state index in [1.54, 1.807) is 39.8 Å². The van der Waals surface area contributed by atoms with E-state index in [4.69, 9.17) is 10.3 Å². The van der Waals surface area contributed by atoms with Crippen molar-refractivity contribution in [1.29, 1.82) is 0 Å². The van der Waals surface area contributed by atoms with Gasteiger partial charge >= 0.3 is 12.2 Å². The number of nitrogens with zero attached hydrogens (tertiary/aromatic N) is 3. The predicted molar refractivity (Wildman–Crippen MR) is 97.9 cm³/mol. The molecule has 0 aromatic rings. The van der Waals surface area contributed by atoms with Crippen LogP contribution in [0.25, 0.3) is 5.53 Å². The van der Waals surface area contributed by atoms with Crippen LogP contribution in [-0.2, 0) is 23.9 Å². The van der Waals surface area contributed by atoms with Crippen molar-refractivity contribution < 1.29 is 28.7 Å². The van der Waals surface area contributed by atoms with E-state index >= 15 is 0 Å². The van der Waals surface area contributed by atoms with E-state index in [1.807, 2.05) is 0 Å². The lowest BCUT2D eigenvalue weighted by Gasteiger charge is -2.24. The summed E-state index contributed by atoms with van der Waals surface area (Å²) in [6.45, 7) is 5.39. The molecule has 0 aliphatic rings. The summed E-state index contributed by atoms with van der Waals surface area (Å²) in [6, 6.07) is -1.02. The minimum Gasteiger partial charge on any atom is -0.458 e. The molecule has 0 saturated carbocycles. The topological polar surface area (TPSA) is 141 Å². The highest BCUT2D eigenvalue weighted by molar-refractivity contribution is 6.25. The maximum absolute atomic E-state index is 12.3. The highest BCUT2D eigenvalue weighted by Gasteiger charge is 2.27. The molecule has 0 bridgehead atoms. The number of carbonyl (C=O) groups excluding carboxylic acids is 4. The number of rotatable bonds is 11. The normalized spacial score (nSPS) is 11.9. The molecule has 0 spiro atoms. The Labute approximate surface area is 159 Å². The van der Waals surface area contributed by atoms with Crippen LogP contribution in [0.2, 0.25) is 0 Å². The molecular weight excluding hydrogens is 354 g/mol. The molecule has 0 fully saturated rings. The number of Topliss-reactive ketones (excluding diaryl/α,β-unsaturated/α-hetero) is 1. The Morgan fingerprint density at radius 2 is 1.78 bits per heavy atom. The molecule has 0 radical (unpaired) electrons. The number of nitrogens with one attached hydrogen (secondary N) is 2. The van der Waals surface area contributed by atoms with Crippen molar-refractivity contribution in [2.75, 3.05) is 27.2 Å². The van der Waals surface area contributed by atoms with Crippen LogP contribution in [0.5, 0.6) is 0 Å². The maximum Gasteiger partial charge on any atom is 0.329 e. The van der Waals surface area contributed by atoms with Gasteiger partial charge in [0, 0.05) is 19.4 Å². The summed E-state index contributed by atoms with van der Waals surface area (Å²) in [7, 11) is 3.50. The van der Waals surface area contributed by atoms with Gasteiger partial charge < -0.3 is 25.8 Å². The smallest absolute Gasteiger partial charge is 0.329 e. The molecule has 0 heterocycles. The van der Waals surface area contributed by atoms with E-state index < -0.39 is 29.3 Å². The van der Waals surface area contributed by atoms with Crippen LogP contribution >= 0.6 is 0 Å². The Morgan fingerprint density at radius 1 is 1.15 bits per heavy atom. The third-order valence-electron chi connectivity index (χ3n) is 3.04. The monoisotopic (exact) mass is 383 g/mol. The Kier molecular flexibility index (Phi) is 10.8. The van der Waals surface area contributed by atoms with Gasteiger partial charge in [-0.25, -0.2) is 4.79 Å². The molecule has 0 aliphatic carbocycles. The maximum atomic E-state index is 12.3. The number of amides is 2. The molecule has 2 amide bonds. The molecule has 0 saturated heterocycles. The standard InChI is InChI=1S/C17H29N5O5/c1-17(2,3)27-16(26)13(7-6-12(23)10-20-18)21-14(24)8-9-19-15(25)11-22(4)5/h10,13H,6-9,11H2,1-5H3,(H,19,25)(H,21,24)/t13-/m0/s1. The molecule has 2 N–H and O–H groups in total. The predicted octanol–water partition coefficient (Wildman–Crippen LogP) is -0.469. The average molecular weight is 383 g/mol. The molecule has 152 valence electrons. The fourth-order valence-electron chi connectivity index (χ4n) is 1.96. The second-order valence-electron chi connectivity index (χ2n) is 7.24. The van der Waals surface area contributed by atoms with Crippen LogP contribution in [0.1, 0.15) is 40.0 Å². The molecule has 0 unspecified atom stereocenters. The second-order valence-corrected chi connectivity index (χ2v) is 7.24. The van der Waals surface area contributed by atoms with Crippen molar-refractivity contribution in [3.8, 4) is 0 Å². The lowest BCUT2D eigenvalue weighted by molar-refractivity contribution is -0.159. The number of ether oxygens (including phenoxy) is 1. The fourth-order valence-corrected chi connectivity index (χ4v) is 1.96. The van der Waals surface area contributed by atoms with Crippen LogP contribution in [0.4, 0.5) is 0 Å². The van der Waals surface area contributed by atoms with E-state index in [-0.39, 0.29) is 38.3 Å². The Balaban J connectivity index is 4.69. The molecule has 0 aromatic heterocycles.